The average Bonchev–Trinajstić information content (AvgIpc) is 2.33. The Hall–Kier alpha value is -0.610. The van der Waals surface area contributed by atoms with Crippen molar-refractivity contribution in [3.05, 3.63) is 0 Å². The fourth-order valence-electron chi connectivity index (χ4n) is 1.90. The van der Waals surface area contributed by atoms with Gasteiger partial charge in [-0.2, -0.15) is 0 Å². The van der Waals surface area contributed by atoms with Crippen LogP contribution in [-0.4, -0.2) is 49.7 Å². The largest absolute Gasteiger partial charge is 0.465 e. The van der Waals surface area contributed by atoms with Crippen LogP contribution in [0.5, 0.6) is 0 Å². The number of rotatable bonds is 9. The van der Waals surface area contributed by atoms with Crippen molar-refractivity contribution < 1.29 is 9.53 Å². The Morgan fingerprint density at radius 2 is 2.00 bits per heavy atom. The molecule has 0 aliphatic heterocycles. The van der Waals surface area contributed by atoms with Gasteiger partial charge in [0.1, 0.15) is 5.54 Å². The van der Waals surface area contributed by atoms with Gasteiger partial charge in [-0.1, -0.05) is 20.8 Å². The lowest BCUT2D eigenvalue weighted by atomic mass is 9.97. The third-order valence-corrected chi connectivity index (χ3v) is 3.28. The number of ether oxygens (including phenoxy) is 1. The molecule has 1 unspecified atom stereocenters. The third-order valence-electron chi connectivity index (χ3n) is 3.28. The highest BCUT2D eigenvalue weighted by Gasteiger charge is 2.32. The molecular formula is C14H30N2O2. The molecule has 18 heavy (non-hydrogen) atoms. The van der Waals surface area contributed by atoms with Crippen LogP contribution in [0.3, 0.4) is 0 Å². The van der Waals surface area contributed by atoms with Gasteiger partial charge in [-0.3, -0.25) is 4.79 Å². The Morgan fingerprint density at radius 3 is 2.39 bits per heavy atom. The molecule has 0 saturated heterocycles. The molecule has 0 fully saturated rings. The van der Waals surface area contributed by atoms with Crippen molar-refractivity contribution in [2.24, 2.45) is 5.92 Å². The number of carbonyl (C=O) groups is 1. The summed E-state index contributed by atoms with van der Waals surface area (Å²) in [5.41, 5.74) is -0.583. The van der Waals surface area contributed by atoms with E-state index in [1.54, 1.807) is 0 Å². The molecule has 0 aliphatic rings. The van der Waals surface area contributed by atoms with Crippen molar-refractivity contribution in [1.82, 2.24) is 10.2 Å². The highest BCUT2D eigenvalue weighted by Crippen LogP contribution is 2.13. The van der Waals surface area contributed by atoms with Crippen LogP contribution in [-0.2, 0) is 9.53 Å². The topological polar surface area (TPSA) is 41.6 Å². The highest BCUT2D eigenvalue weighted by atomic mass is 16.5. The van der Waals surface area contributed by atoms with E-state index >= 15 is 0 Å². The summed E-state index contributed by atoms with van der Waals surface area (Å²) in [7, 11) is 1.82. The SMILES string of the molecule is CCOC(=O)C(C)(CCN(CC)CC(C)C)NC. The number of hydrogen-bond donors (Lipinski definition) is 1. The van der Waals surface area contributed by atoms with E-state index in [4.69, 9.17) is 4.74 Å². The molecule has 0 aromatic heterocycles. The summed E-state index contributed by atoms with van der Waals surface area (Å²) in [6.45, 7) is 13.8. The Balaban J connectivity index is 4.39. The zero-order chi connectivity index (χ0) is 14.2. The van der Waals surface area contributed by atoms with Crippen LogP contribution in [0.4, 0.5) is 0 Å². The second kappa shape index (κ2) is 8.48. The van der Waals surface area contributed by atoms with Crippen molar-refractivity contribution in [3.63, 3.8) is 0 Å². The number of hydrogen-bond acceptors (Lipinski definition) is 4. The molecule has 0 rings (SSSR count). The molecule has 0 spiro atoms. The number of nitrogens with one attached hydrogen (secondary N) is 1. The zero-order valence-corrected chi connectivity index (χ0v) is 12.9. The minimum absolute atomic E-state index is 0.159. The van der Waals surface area contributed by atoms with Crippen molar-refractivity contribution in [2.45, 2.75) is 46.6 Å². The quantitative estimate of drug-likeness (QED) is 0.641. The summed E-state index contributed by atoms with van der Waals surface area (Å²) in [5.74, 6) is 0.487. The lowest BCUT2D eigenvalue weighted by molar-refractivity contribution is -0.150. The van der Waals surface area contributed by atoms with E-state index in [1.165, 1.54) is 0 Å². The molecule has 0 heterocycles. The maximum Gasteiger partial charge on any atom is 0.326 e. The summed E-state index contributed by atoms with van der Waals surface area (Å²) < 4.78 is 5.12. The van der Waals surface area contributed by atoms with Gasteiger partial charge in [-0.05, 0) is 39.8 Å². The van der Waals surface area contributed by atoms with E-state index < -0.39 is 5.54 Å². The first-order valence-electron chi connectivity index (χ1n) is 6.98. The van der Waals surface area contributed by atoms with E-state index in [2.05, 4.69) is 31.0 Å². The van der Waals surface area contributed by atoms with Crippen LogP contribution in [0.25, 0.3) is 0 Å². The number of nitrogens with zero attached hydrogens (tertiary/aromatic N) is 1. The summed E-state index contributed by atoms with van der Waals surface area (Å²) in [4.78, 5) is 14.3. The fourth-order valence-corrected chi connectivity index (χ4v) is 1.90. The maximum absolute atomic E-state index is 11.9. The predicted molar refractivity (Wildman–Crippen MR) is 75.7 cm³/mol. The maximum atomic E-state index is 11.9. The lowest BCUT2D eigenvalue weighted by Crippen LogP contribution is -2.50. The van der Waals surface area contributed by atoms with Crippen molar-refractivity contribution in [1.29, 1.82) is 0 Å². The first kappa shape index (κ1) is 17.4. The monoisotopic (exact) mass is 258 g/mol. The number of esters is 1. The molecule has 1 atom stereocenters. The van der Waals surface area contributed by atoms with Crippen molar-refractivity contribution in [2.75, 3.05) is 33.3 Å². The van der Waals surface area contributed by atoms with E-state index in [0.29, 0.717) is 12.5 Å². The van der Waals surface area contributed by atoms with E-state index in [9.17, 15) is 4.79 Å². The lowest BCUT2D eigenvalue weighted by Gasteiger charge is -2.30. The summed E-state index contributed by atoms with van der Waals surface area (Å²) in [5, 5.41) is 3.09. The van der Waals surface area contributed by atoms with Crippen molar-refractivity contribution in [3.8, 4) is 0 Å². The van der Waals surface area contributed by atoms with Crippen LogP contribution in [0.15, 0.2) is 0 Å². The summed E-state index contributed by atoms with van der Waals surface area (Å²) >= 11 is 0. The molecule has 4 heteroatoms. The molecule has 0 aromatic carbocycles. The van der Waals surface area contributed by atoms with Crippen LogP contribution in [0.2, 0.25) is 0 Å². The number of carbonyl (C=O) groups excluding carboxylic acids is 1. The Bertz CT molecular complexity index is 244. The van der Waals surface area contributed by atoms with Crippen LogP contribution >= 0.6 is 0 Å². The predicted octanol–water partition coefficient (Wildman–Crippen LogP) is 1.90. The molecule has 4 nitrogen and oxygen atoms in total. The average molecular weight is 258 g/mol. The molecule has 0 amide bonds. The van der Waals surface area contributed by atoms with Gasteiger partial charge < -0.3 is 15.0 Å². The van der Waals surface area contributed by atoms with Gasteiger partial charge in [0, 0.05) is 13.1 Å². The van der Waals surface area contributed by atoms with Gasteiger partial charge in [0.15, 0.2) is 0 Å². The minimum atomic E-state index is -0.583. The molecule has 1 N–H and O–H groups in total. The normalized spacial score (nSPS) is 14.9. The highest BCUT2D eigenvalue weighted by molar-refractivity contribution is 5.80. The van der Waals surface area contributed by atoms with Crippen LogP contribution in [0, 0.1) is 5.92 Å². The molecule has 0 radical (unpaired) electrons. The van der Waals surface area contributed by atoms with Gasteiger partial charge in [-0.15, -0.1) is 0 Å². The number of likely N-dealkylation sites (N-methyl/N-ethyl adjacent to an activating group) is 1. The molecule has 0 bridgehead atoms. The Labute approximate surface area is 112 Å². The van der Waals surface area contributed by atoms with Crippen LogP contribution in [0.1, 0.15) is 41.0 Å². The Morgan fingerprint density at radius 1 is 1.39 bits per heavy atom. The van der Waals surface area contributed by atoms with E-state index in [1.807, 2.05) is 20.9 Å². The zero-order valence-electron chi connectivity index (χ0n) is 12.9. The molecular weight excluding hydrogens is 228 g/mol. The van der Waals surface area contributed by atoms with Gasteiger partial charge in [0.2, 0.25) is 0 Å². The summed E-state index contributed by atoms with van der Waals surface area (Å²) in [6.07, 6.45) is 0.767. The third kappa shape index (κ3) is 5.83. The fraction of sp³-hybridized carbons (Fsp3) is 0.929. The van der Waals surface area contributed by atoms with Gasteiger partial charge in [0.05, 0.1) is 6.61 Å². The first-order valence-corrected chi connectivity index (χ1v) is 6.98. The standard InChI is InChI=1S/C14H30N2O2/c1-7-16(11-12(3)4)10-9-14(5,15-6)13(17)18-8-2/h12,15H,7-11H2,1-6H3. The first-order chi connectivity index (χ1) is 8.39. The van der Waals surface area contributed by atoms with Crippen LogP contribution < -0.4 is 5.32 Å². The minimum Gasteiger partial charge on any atom is -0.465 e. The molecule has 0 saturated carbocycles. The Kier molecular flexibility index (Phi) is 8.20. The van der Waals surface area contributed by atoms with Gasteiger partial charge >= 0.3 is 5.97 Å². The smallest absolute Gasteiger partial charge is 0.326 e. The van der Waals surface area contributed by atoms with Crippen molar-refractivity contribution >= 4 is 5.97 Å². The molecule has 108 valence electrons. The van der Waals surface area contributed by atoms with Gasteiger partial charge in [0.25, 0.3) is 0 Å². The molecule has 0 aromatic rings. The molecule has 0 aliphatic carbocycles. The second-order valence-electron chi connectivity index (χ2n) is 5.34. The van der Waals surface area contributed by atoms with E-state index in [-0.39, 0.29) is 5.97 Å². The second-order valence-corrected chi connectivity index (χ2v) is 5.34. The van der Waals surface area contributed by atoms with E-state index in [0.717, 1.165) is 26.1 Å². The summed E-state index contributed by atoms with van der Waals surface area (Å²) in [6, 6.07) is 0. The van der Waals surface area contributed by atoms with Gasteiger partial charge in [-0.25, -0.2) is 0 Å².